The third-order valence-electron chi connectivity index (χ3n) is 2.60. The number of aromatic nitrogens is 1. The van der Waals surface area contributed by atoms with Crippen LogP contribution in [0, 0.1) is 0 Å². The van der Waals surface area contributed by atoms with E-state index in [4.69, 9.17) is 0 Å². The van der Waals surface area contributed by atoms with Gasteiger partial charge in [0.05, 0.1) is 16.7 Å². The number of fused-ring (bicyclic) bond motifs is 3. The van der Waals surface area contributed by atoms with Crippen LogP contribution < -0.4 is 4.57 Å². The highest BCUT2D eigenvalue weighted by molar-refractivity contribution is 8.00. The van der Waals surface area contributed by atoms with Crippen LogP contribution in [0.25, 0.3) is 5.69 Å². The summed E-state index contributed by atoms with van der Waals surface area (Å²) in [4.78, 5) is 1.40. The van der Waals surface area contributed by atoms with Crippen LogP contribution >= 0.6 is 23.1 Å². The summed E-state index contributed by atoms with van der Waals surface area (Å²) in [6.45, 7) is 2.30. The average molecular weight is 234 g/mol. The number of rotatable bonds is 0. The maximum atomic E-state index is 2.33. The van der Waals surface area contributed by atoms with Gasteiger partial charge in [-0.15, -0.1) is 11.8 Å². The van der Waals surface area contributed by atoms with Crippen LogP contribution in [0.4, 0.5) is 0 Å². The van der Waals surface area contributed by atoms with Crippen molar-refractivity contribution in [2.24, 2.45) is 0 Å². The van der Waals surface area contributed by atoms with Gasteiger partial charge in [0, 0.05) is 11.3 Å². The third-order valence-corrected chi connectivity index (χ3v) is 4.66. The summed E-state index contributed by atoms with van der Waals surface area (Å²) < 4.78 is 2.33. The molecule has 2 aromatic rings. The zero-order valence-corrected chi connectivity index (χ0v) is 10.1. The zero-order valence-electron chi connectivity index (χ0n) is 8.51. The van der Waals surface area contributed by atoms with Crippen molar-refractivity contribution in [3.63, 3.8) is 0 Å². The third kappa shape index (κ3) is 1.60. The van der Waals surface area contributed by atoms with E-state index in [0.29, 0.717) is 5.25 Å². The van der Waals surface area contributed by atoms with Crippen molar-refractivity contribution in [3.8, 4) is 5.69 Å². The Kier molecular flexibility index (Phi) is 2.29. The molecule has 0 aliphatic carbocycles. The van der Waals surface area contributed by atoms with Crippen LogP contribution in [-0.4, -0.2) is 5.25 Å². The minimum atomic E-state index is 0.665. The first-order valence-corrected chi connectivity index (χ1v) is 6.84. The van der Waals surface area contributed by atoms with Gasteiger partial charge >= 0.3 is 0 Å². The maximum Gasteiger partial charge on any atom is 0.244 e. The highest BCUT2D eigenvalue weighted by Crippen LogP contribution is 2.32. The lowest BCUT2D eigenvalue weighted by atomic mass is 10.3. The second-order valence-electron chi connectivity index (χ2n) is 3.77. The maximum absolute atomic E-state index is 2.33. The first kappa shape index (κ1) is 9.43. The summed E-state index contributed by atoms with van der Waals surface area (Å²) in [6, 6.07) is 8.66. The van der Waals surface area contributed by atoms with Gasteiger partial charge in [-0.1, -0.05) is 30.4 Å². The molecule has 0 saturated carbocycles. The molecular formula is C12H12NS2+. The molecule has 0 radical (unpaired) electrons. The van der Waals surface area contributed by atoms with E-state index in [1.807, 2.05) is 23.1 Å². The van der Waals surface area contributed by atoms with Crippen LogP contribution in [0.5, 0.6) is 0 Å². The minimum absolute atomic E-state index is 0.665. The normalized spacial score (nSPS) is 19.1. The number of hydrogen-bond donors (Lipinski definition) is 0. The number of thioether (sulfide) groups is 1. The number of nitrogens with zero attached hydrogens (tertiary/aromatic N) is 1. The van der Waals surface area contributed by atoms with Gasteiger partial charge in [0.15, 0.2) is 6.20 Å². The Morgan fingerprint density at radius 3 is 3.13 bits per heavy atom. The molecule has 1 atom stereocenters. The number of para-hydroxylation sites is 1. The van der Waals surface area contributed by atoms with Crippen LogP contribution in [0.2, 0.25) is 0 Å². The van der Waals surface area contributed by atoms with Crippen LogP contribution in [0.15, 0.2) is 40.7 Å². The van der Waals surface area contributed by atoms with Crippen molar-refractivity contribution in [3.05, 3.63) is 40.8 Å². The van der Waals surface area contributed by atoms with Gasteiger partial charge in [0.25, 0.3) is 0 Å². The van der Waals surface area contributed by atoms with Gasteiger partial charge in [0.2, 0.25) is 10.7 Å². The van der Waals surface area contributed by atoms with Gasteiger partial charge in [-0.25, -0.2) is 0 Å². The minimum Gasteiger partial charge on any atom is -0.153 e. The predicted molar refractivity (Wildman–Crippen MR) is 64.9 cm³/mol. The SMILES string of the molecule is C[C@H]1Cc2scc[n+]2-c2ccccc2S1. The first-order chi connectivity index (χ1) is 7.34. The van der Waals surface area contributed by atoms with E-state index in [1.165, 1.54) is 15.6 Å². The molecule has 0 fully saturated rings. The summed E-state index contributed by atoms with van der Waals surface area (Å²) >= 11 is 3.84. The topological polar surface area (TPSA) is 3.88 Å². The van der Waals surface area contributed by atoms with Crippen molar-refractivity contribution >= 4 is 23.1 Å². The Balaban J connectivity index is 2.25. The number of thiazole rings is 1. The van der Waals surface area contributed by atoms with Crippen LogP contribution in [-0.2, 0) is 6.42 Å². The lowest BCUT2D eigenvalue weighted by molar-refractivity contribution is -0.600. The lowest BCUT2D eigenvalue weighted by Gasteiger charge is -2.03. The Bertz CT molecular complexity index is 490. The van der Waals surface area contributed by atoms with E-state index >= 15 is 0 Å². The Labute approximate surface area is 97.8 Å². The molecular weight excluding hydrogens is 222 g/mol. The molecule has 1 nitrogen and oxygen atoms in total. The van der Waals surface area contributed by atoms with E-state index in [0.717, 1.165) is 6.42 Å². The zero-order chi connectivity index (χ0) is 10.3. The van der Waals surface area contributed by atoms with Gasteiger partial charge < -0.3 is 0 Å². The number of hydrogen-bond acceptors (Lipinski definition) is 2. The van der Waals surface area contributed by atoms with Crippen LogP contribution in [0.3, 0.4) is 0 Å². The molecule has 1 aromatic heterocycles. The Morgan fingerprint density at radius 1 is 1.33 bits per heavy atom. The smallest absolute Gasteiger partial charge is 0.153 e. The fourth-order valence-corrected chi connectivity index (χ4v) is 4.11. The number of benzene rings is 1. The Morgan fingerprint density at radius 2 is 2.20 bits per heavy atom. The van der Waals surface area contributed by atoms with E-state index < -0.39 is 0 Å². The predicted octanol–water partition coefficient (Wildman–Crippen LogP) is 3.06. The molecule has 3 heteroatoms. The standard InChI is InChI=1S/C12H12NS2/c1-9-8-12-13(6-7-14-12)10-4-2-3-5-11(10)15-9/h2-7,9H,8H2,1H3/q+1/t9-/m0/s1. The summed E-state index contributed by atoms with van der Waals surface area (Å²) in [5, 5.41) is 4.30. The van der Waals surface area contributed by atoms with Crippen molar-refractivity contribution in [1.82, 2.24) is 0 Å². The second kappa shape index (κ2) is 3.65. The van der Waals surface area contributed by atoms with Crippen molar-refractivity contribution < 1.29 is 4.57 Å². The molecule has 0 amide bonds. The monoisotopic (exact) mass is 234 g/mol. The summed E-state index contributed by atoms with van der Waals surface area (Å²) in [5.74, 6) is 0. The van der Waals surface area contributed by atoms with Gasteiger partial charge in [0.1, 0.15) is 0 Å². The first-order valence-electron chi connectivity index (χ1n) is 5.08. The van der Waals surface area contributed by atoms with Gasteiger partial charge in [-0.3, -0.25) is 0 Å². The second-order valence-corrected chi connectivity index (χ2v) is 6.23. The van der Waals surface area contributed by atoms with Crippen molar-refractivity contribution in [2.45, 2.75) is 23.5 Å². The van der Waals surface area contributed by atoms with E-state index in [2.05, 4.69) is 47.3 Å². The lowest BCUT2D eigenvalue weighted by Crippen LogP contribution is -2.32. The molecule has 3 rings (SSSR count). The molecule has 0 saturated heterocycles. The van der Waals surface area contributed by atoms with E-state index in [-0.39, 0.29) is 0 Å². The van der Waals surface area contributed by atoms with E-state index in [9.17, 15) is 0 Å². The van der Waals surface area contributed by atoms with Crippen LogP contribution in [0.1, 0.15) is 11.9 Å². The fourth-order valence-electron chi connectivity index (χ4n) is 1.93. The summed E-state index contributed by atoms with van der Waals surface area (Å²) in [6.07, 6.45) is 3.34. The summed E-state index contributed by atoms with van der Waals surface area (Å²) in [7, 11) is 0. The molecule has 0 bridgehead atoms. The van der Waals surface area contributed by atoms with Gasteiger partial charge in [-0.05, 0) is 6.07 Å². The molecule has 1 aliphatic rings. The van der Waals surface area contributed by atoms with Crippen molar-refractivity contribution in [1.29, 1.82) is 0 Å². The highest BCUT2D eigenvalue weighted by Gasteiger charge is 2.26. The quantitative estimate of drug-likeness (QED) is 0.634. The van der Waals surface area contributed by atoms with Gasteiger partial charge in [-0.2, -0.15) is 4.57 Å². The molecule has 0 N–H and O–H groups in total. The molecule has 76 valence electrons. The average Bonchev–Trinajstić information content (AvgIpc) is 2.62. The summed E-state index contributed by atoms with van der Waals surface area (Å²) in [5.41, 5.74) is 1.34. The van der Waals surface area contributed by atoms with Crippen molar-refractivity contribution in [2.75, 3.05) is 0 Å². The molecule has 1 aromatic carbocycles. The molecule has 0 spiro atoms. The largest absolute Gasteiger partial charge is 0.244 e. The fraction of sp³-hybridized carbons (Fsp3) is 0.250. The van der Waals surface area contributed by atoms with E-state index in [1.54, 1.807) is 0 Å². The molecule has 0 unspecified atom stereocenters. The highest BCUT2D eigenvalue weighted by atomic mass is 32.2. The Hall–Kier alpha value is -0.800. The molecule has 2 heterocycles. The molecule has 1 aliphatic heterocycles. The molecule has 15 heavy (non-hydrogen) atoms.